The third-order valence-corrected chi connectivity index (χ3v) is 12.4. The summed E-state index contributed by atoms with van der Waals surface area (Å²) in [6.45, 7) is 12.9. The zero-order valence-corrected chi connectivity index (χ0v) is 37.9. The molecule has 4 aromatic carbocycles. The highest BCUT2D eigenvalue weighted by Crippen LogP contribution is 2.38. The number of nitrogens with one attached hydrogen (secondary N) is 2. The standard InChI is InChI=1S/C56H66N4O3/c1-39(2)57-49(55-47-37-62-35-45(47)51(31-41-19-9-5-10-20-41)59-53(55)33-43-23-13-7-14-24-43)27-17-29-61-30-18-28-50(58-40(3)4)56-48-38-63-36-46(48)52(32-42-21-11-6-12-22-42)60-54(56)34-44-25-15-8-16-26-44/h5-16,19-26,39-40,49-50,57-58H,17-18,27-38H2,1-4H3. The lowest BCUT2D eigenvalue weighted by Gasteiger charge is -2.27. The molecule has 2 aliphatic heterocycles. The fraction of sp³-hybridized carbons (Fsp3) is 0.393. The van der Waals surface area contributed by atoms with Crippen LogP contribution in [0.4, 0.5) is 0 Å². The summed E-state index contributed by atoms with van der Waals surface area (Å²) in [7, 11) is 0. The van der Waals surface area contributed by atoms with Gasteiger partial charge in [0.2, 0.25) is 0 Å². The summed E-state index contributed by atoms with van der Waals surface area (Å²) in [5.41, 5.74) is 17.5. The third kappa shape index (κ3) is 11.8. The van der Waals surface area contributed by atoms with Gasteiger partial charge in [-0.15, -0.1) is 0 Å². The fourth-order valence-electron chi connectivity index (χ4n) is 9.63. The van der Waals surface area contributed by atoms with Crippen LogP contribution in [0, 0.1) is 0 Å². The monoisotopic (exact) mass is 843 g/mol. The Kier molecular flexibility index (Phi) is 15.6. The van der Waals surface area contributed by atoms with Gasteiger partial charge in [-0.05, 0) is 70.2 Å². The van der Waals surface area contributed by atoms with Crippen molar-refractivity contribution in [2.45, 2.75) is 130 Å². The van der Waals surface area contributed by atoms with E-state index in [1.54, 1.807) is 0 Å². The molecular formula is C56H66N4O3. The number of nitrogens with zero attached hydrogens (tertiary/aromatic N) is 2. The highest BCUT2D eigenvalue weighted by atomic mass is 16.5. The van der Waals surface area contributed by atoms with Crippen molar-refractivity contribution in [2.75, 3.05) is 13.2 Å². The van der Waals surface area contributed by atoms with Gasteiger partial charge in [-0.25, -0.2) is 0 Å². The van der Waals surface area contributed by atoms with Gasteiger partial charge >= 0.3 is 0 Å². The molecular weight excluding hydrogens is 777 g/mol. The van der Waals surface area contributed by atoms with E-state index in [9.17, 15) is 0 Å². The van der Waals surface area contributed by atoms with Crippen molar-refractivity contribution in [1.29, 1.82) is 0 Å². The van der Waals surface area contributed by atoms with Crippen LogP contribution in [0.3, 0.4) is 0 Å². The fourth-order valence-corrected chi connectivity index (χ4v) is 9.63. The summed E-state index contributed by atoms with van der Waals surface area (Å²) >= 11 is 0. The Morgan fingerprint density at radius 2 is 0.762 bits per heavy atom. The van der Waals surface area contributed by atoms with E-state index >= 15 is 0 Å². The van der Waals surface area contributed by atoms with Crippen molar-refractivity contribution in [3.63, 3.8) is 0 Å². The highest BCUT2D eigenvalue weighted by Gasteiger charge is 2.31. The van der Waals surface area contributed by atoms with E-state index in [0.717, 1.165) is 74.1 Å². The molecule has 0 radical (unpaired) electrons. The summed E-state index contributed by atoms with van der Waals surface area (Å²) in [6, 6.07) is 43.9. The van der Waals surface area contributed by atoms with Crippen LogP contribution in [0.5, 0.6) is 0 Å². The molecule has 2 N–H and O–H groups in total. The minimum Gasteiger partial charge on any atom is -0.381 e. The largest absolute Gasteiger partial charge is 0.381 e. The van der Waals surface area contributed by atoms with Crippen molar-refractivity contribution in [3.05, 3.63) is 200 Å². The summed E-state index contributed by atoms with van der Waals surface area (Å²) in [5.74, 6) is 0. The van der Waals surface area contributed by atoms with Gasteiger partial charge in [0, 0.05) is 74.2 Å². The first-order valence-corrected chi connectivity index (χ1v) is 23.4. The average Bonchev–Trinajstić information content (AvgIpc) is 3.99. The lowest BCUT2D eigenvalue weighted by atomic mass is 9.88. The molecule has 0 amide bonds. The molecule has 2 aliphatic rings. The van der Waals surface area contributed by atoms with Crippen LogP contribution in [0.1, 0.15) is 144 Å². The Labute approximate surface area is 376 Å². The first-order chi connectivity index (χ1) is 30.9. The van der Waals surface area contributed by atoms with Crippen LogP contribution in [-0.2, 0) is 66.3 Å². The number of hydrogen-bond donors (Lipinski definition) is 2. The second-order valence-electron chi connectivity index (χ2n) is 18.0. The molecule has 6 aromatic rings. The van der Waals surface area contributed by atoms with E-state index in [1.807, 2.05) is 0 Å². The van der Waals surface area contributed by atoms with Crippen LogP contribution >= 0.6 is 0 Å². The molecule has 0 fully saturated rings. The summed E-state index contributed by atoms with van der Waals surface area (Å²) in [5, 5.41) is 7.92. The second-order valence-corrected chi connectivity index (χ2v) is 18.0. The molecule has 2 atom stereocenters. The Bertz CT molecular complexity index is 2190. The maximum atomic E-state index is 6.49. The van der Waals surface area contributed by atoms with Gasteiger partial charge in [-0.2, -0.15) is 0 Å². The number of fused-ring (bicyclic) bond motifs is 2. The Balaban J connectivity index is 0.971. The molecule has 0 spiro atoms. The summed E-state index contributed by atoms with van der Waals surface area (Å²) in [4.78, 5) is 11.0. The molecule has 8 rings (SSSR count). The smallest absolute Gasteiger partial charge is 0.0743 e. The predicted octanol–water partition coefficient (Wildman–Crippen LogP) is 11.3. The number of ether oxygens (including phenoxy) is 3. The SMILES string of the molecule is CC(C)NC(CCCOCCCC(NC(C)C)c1c(Cc2ccccc2)nc(Cc2ccccc2)c2c1COC2)c1c(Cc2ccccc2)nc(Cc2ccccc2)c2c1COC2. The first kappa shape index (κ1) is 44.6. The maximum Gasteiger partial charge on any atom is 0.0743 e. The number of aromatic nitrogens is 2. The number of hydrogen-bond acceptors (Lipinski definition) is 7. The van der Waals surface area contributed by atoms with Gasteiger partial charge in [0.15, 0.2) is 0 Å². The van der Waals surface area contributed by atoms with Crippen molar-refractivity contribution in [1.82, 2.24) is 20.6 Å². The average molecular weight is 843 g/mol. The zero-order valence-electron chi connectivity index (χ0n) is 37.9. The van der Waals surface area contributed by atoms with Crippen molar-refractivity contribution >= 4 is 0 Å². The van der Waals surface area contributed by atoms with E-state index in [-0.39, 0.29) is 12.1 Å². The zero-order chi connectivity index (χ0) is 43.4. The molecule has 4 heterocycles. The molecule has 7 heteroatoms. The molecule has 328 valence electrons. The lowest BCUT2D eigenvalue weighted by molar-refractivity contribution is 0.121. The minimum atomic E-state index is 0.144. The highest BCUT2D eigenvalue weighted by molar-refractivity contribution is 5.48. The molecule has 0 saturated heterocycles. The van der Waals surface area contributed by atoms with E-state index in [1.165, 1.54) is 55.6 Å². The van der Waals surface area contributed by atoms with Crippen molar-refractivity contribution in [3.8, 4) is 0 Å². The van der Waals surface area contributed by atoms with Crippen LogP contribution < -0.4 is 10.6 Å². The van der Waals surface area contributed by atoms with Gasteiger partial charge in [0.05, 0.1) is 49.2 Å². The van der Waals surface area contributed by atoms with Crippen LogP contribution in [0.25, 0.3) is 0 Å². The van der Waals surface area contributed by atoms with Crippen LogP contribution in [0.2, 0.25) is 0 Å². The van der Waals surface area contributed by atoms with Crippen molar-refractivity contribution in [2.24, 2.45) is 0 Å². The molecule has 63 heavy (non-hydrogen) atoms. The number of pyridine rings is 2. The number of benzene rings is 4. The molecule has 7 nitrogen and oxygen atoms in total. The van der Waals surface area contributed by atoms with Crippen LogP contribution in [-0.4, -0.2) is 35.3 Å². The van der Waals surface area contributed by atoms with E-state index < -0.39 is 0 Å². The Hall–Kier alpha value is -5.02. The summed E-state index contributed by atoms with van der Waals surface area (Å²) in [6.07, 6.45) is 7.00. The first-order valence-electron chi connectivity index (χ1n) is 23.4. The second kappa shape index (κ2) is 22.1. The van der Waals surface area contributed by atoms with E-state index in [2.05, 4.69) is 160 Å². The molecule has 0 aliphatic carbocycles. The Morgan fingerprint density at radius 1 is 0.444 bits per heavy atom. The van der Waals surface area contributed by atoms with Gasteiger partial charge in [0.25, 0.3) is 0 Å². The van der Waals surface area contributed by atoms with Crippen LogP contribution in [0.15, 0.2) is 121 Å². The molecule has 2 aromatic heterocycles. The van der Waals surface area contributed by atoms with Gasteiger partial charge < -0.3 is 24.8 Å². The normalized spacial score (nSPS) is 14.3. The molecule has 0 saturated carbocycles. The topological polar surface area (TPSA) is 77.5 Å². The quantitative estimate of drug-likeness (QED) is 0.0659. The van der Waals surface area contributed by atoms with E-state index in [4.69, 9.17) is 24.2 Å². The van der Waals surface area contributed by atoms with Gasteiger partial charge in [0.1, 0.15) is 0 Å². The minimum absolute atomic E-state index is 0.144. The van der Waals surface area contributed by atoms with Gasteiger partial charge in [-0.3, -0.25) is 9.97 Å². The molecule has 0 bridgehead atoms. The maximum absolute atomic E-state index is 6.49. The van der Waals surface area contributed by atoms with Gasteiger partial charge in [-0.1, -0.05) is 149 Å². The molecule has 2 unspecified atom stereocenters. The number of rotatable bonds is 22. The summed E-state index contributed by atoms with van der Waals surface area (Å²) < 4.78 is 18.9. The van der Waals surface area contributed by atoms with Crippen molar-refractivity contribution < 1.29 is 14.2 Å². The lowest BCUT2D eigenvalue weighted by Crippen LogP contribution is -2.31. The Morgan fingerprint density at radius 3 is 1.10 bits per heavy atom. The third-order valence-electron chi connectivity index (χ3n) is 12.4. The van der Waals surface area contributed by atoms with E-state index in [0.29, 0.717) is 51.7 Å². The predicted molar refractivity (Wildman–Crippen MR) is 254 cm³/mol.